The number of aromatic nitrogens is 2. The first kappa shape index (κ1) is 12.3. The molecule has 17 heavy (non-hydrogen) atoms. The van der Waals surface area contributed by atoms with Crippen LogP contribution in [0, 0.1) is 0 Å². The Balaban J connectivity index is 1.95. The first-order valence-electron chi connectivity index (χ1n) is 6.02. The summed E-state index contributed by atoms with van der Waals surface area (Å²) in [7, 11) is 2.03. The van der Waals surface area contributed by atoms with Crippen molar-refractivity contribution in [3.05, 3.63) is 40.3 Å². The highest BCUT2D eigenvalue weighted by Gasteiger charge is 2.10. The molecule has 4 heteroatoms. The molecule has 2 heterocycles. The van der Waals surface area contributed by atoms with Crippen molar-refractivity contribution >= 4 is 11.3 Å². The van der Waals surface area contributed by atoms with Crippen LogP contribution in [0.5, 0.6) is 0 Å². The molecule has 2 rings (SSSR count). The first-order chi connectivity index (χ1) is 8.31. The van der Waals surface area contributed by atoms with Crippen LogP contribution in [0.1, 0.15) is 17.4 Å². The maximum absolute atomic E-state index is 4.31. The number of nitrogens with one attached hydrogen (secondary N) is 1. The van der Waals surface area contributed by atoms with Crippen LogP contribution in [0.2, 0.25) is 0 Å². The summed E-state index contributed by atoms with van der Waals surface area (Å²) in [6.45, 7) is 3.05. The Hall–Kier alpha value is -1.13. The number of likely N-dealkylation sites (N-methyl/N-ethyl adjacent to an activating group) is 1. The van der Waals surface area contributed by atoms with Gasteiger partial charge < -0.3 is 5.32 Å². The highest BCUT2D eigenvalue weighted by molar-refractivity contribution is 7.09. The van der Waals surface area contributed by atoms with Gasteiger partial charge in [-0.1, -0.05) is 6.07 Å². The van der Waals surface area contributed by atoms with Crippen molar-refractivity contribution in [2.45, 2.75) is 32.4 Å². The van der Waals surface area contributed by atoms with Gasteiger partial charge >= 0.3 is 0 Å². The lowest BCUT2D eigenvalue weighted by molar-refractivity contribution is 0.559. The zero-order chi connectivity index (χ0) is 12.1. The Labute approximate surface area is 106 Å². The summed E-state index contributed by atoms with van der Waals surface area (Å²) in [4.78, 5) is 1.44. The Kier molecular flexibility index (Phi) is 4.34. The molecule has 0 amide bonds. The minimum Gasteiger partial charge on any atom is -0.316 e. The fourth-order valence-electron chi connectivity index (χ4n) is 1.92. The molecule has 0 saturated heterocycles. The number of hydrogen-bond donors (Lipinski definition) is 1. The molecule has 0 aliphatic carbocycles. The van der Waals surface area contributed by atoms with E-state index in [1.165, 1.54) is 10.4 Å². The molecule has 92 valence electrons. The first-order valence-corrected chi connectivity index (χ1v) is 6.90. The van der Waals surface area contributed by atoms with E-state index in [1.807, 2.05) is 29.3 Å². The number of thiophene rings is 1. The lowest BCUT2D eigenvalue weighted by Crippen LogP contribution is -2.29. The SMILES string of the molecule is CCn1cc(CC(Cc2cccs2)NC)cn1. The van der Waals surface area contributed by atoms with Crippen molar-refractivity contribution in [3.8, 4) is 0 Å². The fourth-order valence-corrected chi connectivity index (χ4v) is 2.70. The zero-order valence-electron chi connectivity index (χ0n) is 10.4. The number of nitrogens with zero attached hydrogens (tertiary/aromatic N) is 2. The van der Waals surface area contributed by atoms with Gasteiger partial charge in [-0.2, -0.15) is 5.10 Å². The Morgan fingerprint density at radius 3 is 2.94 bits per heavy atom. The van der Waals surface area contributed by atoms with Gasteiger partial charge in [-0.25, -0.2) is 0 Å². The van der Waals surface area contributed by atoms with Crippen LogP contribution in [0.4, 0.5) is 0 Å². The molecule has 0 aromatic carbocycles. The maximum Gasteiger partial charge on any atom is 0.0522 e. The van der Waals surface area contributed by atoms with Crippen molar-refractivity contribution in [2.24, 2.45) is 0 Å². The lowest BCUT2D eigenvalue weighted by Gasteiger charge is -2.13. The average Bonchev–Trinajstić information content (AvgIpc) is 2.99. The summed E-state index contributed by atoms with van der Waals surface area (Å²) in [5.74, 6) is 0. The van der Waals surface area contributed by atoms with Crippen molar-refractivity contribution in [1.29, 1.82) is 0 Å². The van der Waals surface area contributed by atoms with Crippen LogP contribution in [-0.4, -0.2) is 22.9 Å². The van der Waals surface area contributed by atoms with E-state index in [9.17, 15) is 0 Å². The summed E-state index contributed by atoms with van der Waals surface area (Å²) in [5.41, 5.74) is 1.31. The average molecular weight is 249 g/mol. The Bertz CT molecular complexity index is 433. The molecule has 2 aromatic rings. The molecule has 1 N–H and O–H groups in total. The predicted octanol–water partition coefficient (Wildman–Crippen LogP) is 2.34. The van der Waals surface area contributed by atoms with E-state index < -0.39 is 0 Å². The molecule has 1 atom stereocenters. The molecule has 0 bridgehead atoms. The maximum atomic E-state index is 4.31. The molecule has 1 unspecified atom stereocenters. The van der Waals surface area contributed by atoms with E-state index in [1.54, 1.807) is 0 Å². The standard InChI is InChI=1S/C13H19N3S/c1-3-16-10-11(9-15-16)7-12(14-2)8-13-5-4-6-17-13/h4-6,9-10,12,14H,3,7-8H2,1-2H3. The molecule has 0 fully saturated rings. The van der Waals surface area contributed by atoms with Crippen LogP contribution in [-0.2, 0) is 19.4 Å². The molecule has 0 aliphatic heterocycles. The topological polar surface area (TPSA) is 29.9 Å². The molecule has 0 saturated carbocycles. The third kappa shape index (κ3) is 3.41. The third-order valence-corrected chi connectivity index (χ3v) is 3.83. The van der Waals surface area contributed by atoms with E-state index in [0.717, 1.165) is 19.4 Å². The second-order valence-corrected chi connectivity index (χ2v) is 5.21. The second-order valence-electron chi connectivity index (χ2n) is 4.18. The van der Waals surface area contributed by atoms with E-state index in [2.05, 4.69) is 41.0 Å². The van der Waals surface area contributed by atoms with Gasteiger partial charge in [-0.3, -0.25) is 4.68 Å². The molecule has 0 aliphatic rings. The number of aryl methyl sites for hydroxylation is 1. The summed E-state index contributed by atoms with van der Waals surface area (Å²) in [5, 5.41) is 9.83. The summed E-state index contributed by atoms with van der Waals surface area (Å²) < 4.78 is 1.98. The highest BCUT2D eigenvalue weighted by atomic mass is 32.1. The molecular weight excluding hydrogens is 230 g/mol. The van der Waals surface area contributed by atoms with Gasteiger partial charge in [0.15, 0.2) is 0 Å². The van der Waals surface area contributed by atoms with E-state index in [0.29, 0.717) is 6.04 Å². The largest absolute Gasteiger partial charge is 0.316 e. The minimum atomic E-state index is 0.489. The van der Waals surface area contributed by atoms with Gasteiger partial charge in [-0.15, -0.1) is 11.3 Å². The van der Waals surface area contributed by atoms with Crippen molar-refractivity contribution in [1.82, 2.24) is 15.1 Å². The van der Waals surface area contributed by atoms with Crippen LogP contribution >= 0.6 is 11.3 Å². The van der Waals surface area contributed by atoms with E-state index in [-0.39, 0.29) is 0 Å². The number of rotatable bonds is 6. The van der Waals surface area contributed by atoms with Crippen LogP contribution < -0.4 is 5.32 Å². The van der Waals surface area contributed by atoms with Gasteiger partial charge in [0.25, 0.3) is 0 Å². The minimum absolute atomic E-state index is 0.489. The predicted molar refractivity (Wildman–Crippen MR) is 72.5 cm³/mol. The molecule has 3 nitrogen and oxygen atoms in total. The summed E-state index contributed by atoms with van der Waals surface area (Å²) >= 11 is 1.83. The third-order valence-electron chi connectivity index (χ3n) is 2.93. The monoisotopic (exact) mass is 249 g/mol. The molecule has 0 radical (unpaired) electrons. The second kappa shape index (κ2) is 5.98. The Morgan fingerprint density at radius 1 is 1.47 bits per heavy atom. The van der Waals surface area contributed by atoms with Crippen LogP contribution in [0.15, 0.2) is 29.9 Å². The molecule has 2 aromatic heterocycles. The van der Waals surface area contributed by atoms with E-state index in [4.69, 9.17) is 0 Å². The van der Waals surface area contributed by atoms with Gasteiger partial charge in [0.05, 0.1) is 6.20 Å². The van der Waals surface area contributed by atoms with Crippen LogP contribution in [0.3, 0.4) is 0 Å². The zero-order valence-corrected chi connectivity index (χ0v) is 11.2. The lowest BCUT2D eigenvalue weighted by atomic mass is 10.1. The summed E-state index contributed by atoms with van der Waals surface area (Å²) in [6.07, 6.45) is 6.24. The van der Waals surface area contributed by atoms with Crippen molar-refractivity contribution < 1.29 is 0 Å². The van der Waals surface area contributed by atoms with Gasteiger partial charge in [-0.05, 0) is 43.8 Å². The van der Waals surface area contributed by atoms with E-state index >= 15 is 0 Å². The van der Waals surface area contributed by atoms with Gasteiger partial charge in [0, 0.05) is 23.7 Å². The fraction of sp³-hybridized carbons (Fsp3) is 0.462. The van der Waals surface area contributed by atoms with Crippen molar-refractivity contribution in [3.63, 3.8) is 0 Å². The smallest absolute Gasteiger partial charge is 0.0522 e. The van der Waals surface area contributed by atoms with Gasteiger partial charge in [0.2, 0.25) is 0 Å². The number of hydrogen-bond acceptors (Lipinski definition) is 3. The highest BCUT2D eigenvalue weighted by Crippen LogP contribution is 2.13. The molecular formula is C13H19N3S. The summed E-state index contributed by atoms with van der Waals surface area (Å²) in [6, 6.07) is 4.80. The normalized spacial score (nSPS) is 12.8. The Morgan fingerprint density at radius 2 is 2.35 bits per heavy atom. The quantitative estimate of drug-likeness (QED) is 0.851. The molecule has 0 spiro atoms. The van der Waals surface area contributed by atoms with Gasteiger partial charge in [0.1, 0.15) is 0 Å². The van der Waals surface area contributed by atoms with Crippen LogP contribution in [0.25, 0.3) is 0 Å². The van der Waals surface area contributed by atoms with Crippen molar-refractivity contribution in [2.75, 3.05) is 7.05 Å².